The van der Waals surface area contributed by atoms with E-state index in [9.17, 15) is 4.79 Å². The number of hydrogen-bond donors (Lipinski definition) is 2. The van der Waals surface area contributed by atoms with Crippen molar-refractivity contribution in [3.8, 4) is 11.3 Å². The average molecular weight is 560 g/mol. The molecule has 0 saturated carbocycles. The summed E-state index contributed by atoms with van der Waals surface area (Å²) >= 11 is 6.70. The van der Waals surface area contributed by atoms with Gasteiger partial charge in [-0.1, -0.05) is 36.4 Å². The van der Waals surface area contributed by atoms with Crippen LogP contribution in [0.5, 0.6) is 0 Å². The van der Waals surface area contributed by atoms with E-state index >= 15 is 0 Å². The van der Waals surface area contributed by atoms with Gasteiger partial charge in [0.05, 0.1) is 47.2 Å². The van der Waals surface area contributed by atoms with E-state index in [-0.39, 0.29) is 5.91 Å². The summed E-state index contributed by atoms with van der Waals surface area (Å²) in [6.45, 7) is 9.20. The molecule has 2 aromatic carbocycles. The molecule has 9 nitrogen and oxygen atoms in total. The van der Waals surface area contributed by atoms with Crippen molar-refractivity contribution in [2.75, 3.05) is 56.4 Å². The third-order valence-electron chi connectivity index (χ3n) is 7.08. The average Bonchev–Trinajstić information content (AvgIpc) is 3.28. The largest absolute Gasteiger partial charge is 0.373 e. The number of anilines is 4. The molecule has 1 amide bonds. The normalized spacial score (nSPS) is 12.8. The molecular formula is C30H34ClN7O2. The number of carbonyl (C=O) groups excluding carboxylic acids is 1. The smallest absolute Gasteiger partial charge is 0.247 e. The zero-order chi connectivity index (χ0) is 28.4. The highest BCUT2D eigenvalue weighted by molar-refractivity contribution is 6.33. The lowest BCUT2D eigenvalue weighted by Crippen LogP contribution is -2.29. The molecule has 1 aliphatic heterocycles. The second kappa shape index (κ2) is 11.7. The van der Waals surface area contributed by atoms with Gasteiger partial charge in [0, 0.05) is 48.8 Å². The Labute approximate surface area is 239 Å². The van der Waals surface area contributed by atoms with Crippen LogP contribution in [0.15, 0.2) is 55.3 Å². The monoisotopic (exact) mass is 559 g/mol. The summed E-state index contributed by atoms with van der Waals surface area (Å²) in [6, 6.07) is 12.2. The Morgan fingerprint density at radius 1 is 1.20 bits per heavy atom. The van der Waals surface area contributed by atoms with Crippen molar-refractivity contribution in [2.24, 2.45) is 0 Å². The standard InChI is InChI=1S/C30H34ClN7O2/c1-6-27(39)33-23-16-22(19(2)15-25(23)37(5)12-11-36(3)4)34-30-32-17-21(31)29(35-30)28-20-9-7-8-10-24(20)38-13-14-40-18-26(28)38/h6-10,15-17H,1,11-14,18H2,2-5H3,(H,33,39)(H,32,34,35). The third kappa shape index (κ3) is 5.54. The fourth-order valence-corrected chi connectivity index (χ4v) is 5.16. The first-order chi connectivity index (χ1) is 19.3. The van der Waals surface area contributed by atoms with Gasteiger partial charge in [-0.05, 0) is 50.9 Å². The van der Waals surface area contributed by atoms with Gasteiger partial charge in [-0.3, -0.25) is 4.79 Å². The Kier molecular flexibility index (Phi) is 8.07. The second-order valence-electron chi connectivity index (χ2n) is 10.2. The number of ether oxygens (including phenoxy) is 1. The number of rotatable bonds is 9. The van der Waals surface area contributed by atoms with E-state index in [1.165, 1.54) is 6.08 Å². The van der Waals surface area contributed by atoms with Crippen LogP contribution in [0, 0.1) is 6.92 Å². The van der Waals surface area contributed by atoms with Gasteiger partial charge in [0.2, 0.25) is 11.9 Å². The predicted molar refractivity (Wildman–Crippen MR) is 163 cm³/mol. The lowest BCUT2D eigenvalue weighted by Gasteiger charge is -2.25. The summed E-state index contributed by atoms with van der Waals surface area (Å²) in [5.74, 6) is 0.118. The molecule has 0 spiro atoms. The molecule has 0 bridgehead atoms. The maximum absolute atomic E-state index is 12.3. The Hall–Kier alpha value is -3.92. The summed E-state index contributed by atoms with van der Waals surface area (Å²) in [5.41, 5.74) is 7.10. The molecule has 0 unspecified atom stereocenters. The first-order valence-electron chi connectivity index (χ1n) is 13.2. The Bertz CT molecular complexity index is 1580. The van der Waals surface area contributed by atoms with E-state index < -0.39 is 0 Å². The molecule has 5 rings (SSSR count). The molecule has 3 heterocycles. The molecule has 208 valence electrons. The van der Waals surface area contributed by atoms with Crippen molar-refractivity contribution in [2.45, 2.75) is 20.1 Å². The Balaban J connectivity index is 1.54. The summed E-state index contributed by atoms with van der Waals surface area (Å²) in [4.78, 5) is 25.9. The summed E-state index contributed by atoms with van der Waals surface area (Å²) in [7, 11) is 6.08. The zero-order valence-corrected chi connectivity index (χ0v) is 24.0. The Morgan fingerprint density at radius 2 is 2.00 bits per heavy atom. The van der Waals surface area contributed by atoms with Crippen molar-refractivity contribution in [1.82, 2.24) is 19.4 Å². The van der Waals surface area contributed by atoms with Crippen molar-refractivity contribution < 1.29 is 9.53 Å². The van der Waals surface area contributed by atoms with Crippen LogP contribution in [0.1, 0.15) is 11.3 Å². The van der Waals surface area contributed by atoms with Crippen LogP contribution in [0.3, 0.4) is 0 Å². The highest BCUT2D eigenvalue weighted by Crippen LogP contribution is 2.39. The van der Waals surface area contributed by atoms with Crippen LogP contribution in [0.2, 0.25) is 5.02 Å². The topological polar surface area (TPSA) is 87.5 Å². The van der Waals surface area contributed by atoms with Crippen LogP contribution in [0.4, 0.5) is 23.0 Å². The van der Waals surface area contributed by atoms with E-state index in [1.807, 2.05) is 52.3 Å². The number of aromatic nitrogens is 3. The second-order valence-corrected chi connectivity index (χ2v) is 10.6. The van der Waals surface area contributed by atoms with Gasteiger partial charge < -0.3 is 29.7 Å². The van der Waals surface area contributed by atoms with Gasteiger partial charge in [-0.15, -0.1) is 0 Å². The summed E-state index contributed by atoms with van der Waals surface area (Å²) in [6.07, 6.45) is 2.88. The number of carbonyl (C=O) groups is 1. The first kappa shape index (κ1) is 27.6. The minimum Gasteiger partial charge on any atom is -0.373 e. The van der Waals surface area contributed by atoms with E-state index in [4.69, 9.17) is 21.3 Å². The lowest BCUT2D eigenvalue weighted by molar-refractivity contribution is -0.111. The van der Waals surface area contributed by atoms with Crippen LogP contribution < -0.4 is 15.5 Å². The number of nitrogens with zero attached hydrogens (tertiary/aromatic N) is 5. The molecule has 10 heteroatoms. The lowest BCUT2D eigenvalue weighted by atomic mass is 10.1. The zero-order valence-electron chi connectivity index (χ0n) is 23.3. The Morgan fingerprint density at radius 3 is 2.77 bits per heavy atom. The van der Waals surface area contributed by atoms with Crippen molar-refractivity contribution in [3.63, 3.8) is 0 Å². The molecule has 0 saturated heterocycles. The molecule has 0 radical (unpaired) electrons. The van der Waals surface area contributed by atoms with E-state index in [2.05, 4.69) is 48.7 Å². The minimum atomic E-state index is -0.283. The van der Waals surface area contributed by atoms with Crippen molar-refractivity contribution in [1.29, 1.82) is 0 Å². The summed E-state index contributed by atoms with van der Waals surface area (Å²) < 4.78 is 8.09. The van der Waals surface area contributed by atoms with Gasteiger partial charge in [0.15, 0.2) is 0 Å². The van der Waals surface area contributed by atoms with Crippen LogP contribution in [0.25, 0.3) is 22.2 Å². The van der Waals surface area contributed by atoms with Crippen molar-refractivity contribution in [3.05, 3.63) is 71.5 Å². The van der Waals surface area contributed by atoms with Crippen molar-refractivity contribution >= 4 is 51.4 Å². The predicted octanol–water partition coefficient (Wildman–Crippen LogP) is 5.46. The molecule has 0 aliphatic carbocycles. The number of likely N-dealkylation sites (N-methyl/N-ethyl adjacent to an activating group) is 2. The number of nitrogens with one attached hydrogen (secondary N) is 2. The molecule has 0 atom stereocenters. The molecule has 0 fully saturated rings. The number of benzene rings is 2. The minimum absolute atomic E-state index is 0.283. The van der Waals surface area contributed by atoms with Crippen LogP contribution in [-0.4, -0.2) is 66.2 Å². The fraction of sp³-hybridized carbons (Fsp3) is 0.300. The fourth-order valence-electron chi connectivity index (χ4n) is 4.97. The van der Waals surface area contributed by atoms with Crippen LogP contribution >= 0.6 is 11.6 Å². The molecule has 40 heavy (non-hydrogen) atoms. The maximum Gasteiger partial charge on any atom is 0.247 e. The van der Waals surface area contributed by atoms with Gasteiger partial charge in [-0.25, -0.2) is 9.97 Å². The number of para-hydroxylation sites is 1. The van der Waals surface area contributed by atoms with Gasteiger partial charge in [0.1, 0.15) is 0 Å². The van der Waals surface area contributed by atoms with E-state index in [0.29, 0.717) is 35.6 Å². The third-order valence-corrected chi connectivity index (χ3v) is 7.36. The maximum atomic E-state index is 12.3. The molecular weight excluding hydrogens is 526 g/mol. The number of fused-ring (bicyclic) bond motifs is 3. The first-order valence-corrected chi connectivity index (χ1v) is 13.6. The van der Waals surface area contributed by atoms with E-state index in [0.717, 1.165) is 58.7 Å². The number of amides is 1. The number of hydrogen-bond acceptors (Lipinski definition) is 7. The highest BCUT2D eigenvalue weighted by atomic mass is 35.5. The molecule has 2 aromatic heterocycles. The highest BCUT2D eigenvalue weighted by Gasteiger charge is 2.24. The van der Waals surface area contributed by atoms with Gasteiger partial charge >= 0.3 is 0 Å². The number of aryl methyl sites for hydroxylation is 1. The van der Waals surface area contributed by atoms with Gasteiger partial charge in [0.25, 0.3) is 0 Å². The van der Waals surface area contributed by atoms with Crippen LogP contribution in [-0.2, 0) is 22.7 Å². The summed E-state index contributed by atoms with van der Waals surface area (Å²) in [5, 5.41) is 7.84. The SMILES string of the molecule is C=CC(=O)Nc1cc(Nc2ncc(Cl)c(-c3c4n(c5ccccc35)CCOC4)n2)c(C)cc1N(C)CCN(C)C. The molecule has 2 N–H and O–H groups in total. The molecule has 1 aliphatic rings. The number of halogens is 1. The quantitative estimate of drug-likeness (QED) is 0.263. The van der Waals surface area contributed by atoms with E-state index in [1.54, 1.807) is 6.20 Å². The molecule has 4 aromatic rings. The van der Waals surface area contributed by atoms with Gasteiger partial charge in [-0.2, -0.15) is 0 Å².